The van der Waals surface area contributed by atoms with Crippen LogP contribution in [0, 0.1) is 11.6 Å². The third kappa shape index (κ3) is 13.9. The number of carbonyl (C=O) groups is 4. The molecule has 3 aromatic rings. The summed E-state index contributed by atoms with van der Waals surface area (Å²) < 4.78 is 57.0. The van der Waals surface area contributed by atoms with Crippen LogP contribution in [-0.2, 0) is 47.9 Å². The zero-order valence-corrected chi connectivity index (χ0v) is 34.2. The molecule has 3 atom stereocenters. The number of ether oxygens (including phenoxy) is 5. The van der Waals surface area contributed by atoms with Crippen molar-refractivity contribution in [2.45, 2.75) is 121 Å². The molecule has 1 saturated carbocycles. The number of carbonyl (C=O) groups excluding carboxylic acids is 4. The quantitative estimate of drug-likeness (QED) is 0.0361. The Balaban J connectivity index is 1.05. The van der Waals surface area contributed by atoms with E-state index in [4.69, 9.17) is 23.7 Å². The highest BCUT2D eigenvalue weighted by Gasteiger charge is 2.42. The predicted molar refractivity (Wildman–Crippen MR) is 221 cm³/mol. The molecule has 0 spiro atoms. The number of esters is 4. The topological polar surface area (TPSA) is 135 Å². The van der Waals surface area contributed by atoms with Crippen molar-refractivity contribution < 1.29 is 56.7 Å². The highest BCUT2D eigenvalue weighted by atomic mass is 19.1. The van der Waals surface area contributed by atoms with E-state index in [2.05, 4.69) is 13.2 Å². The standard InChI is InChI=1S/C48H56F2O10/c1-3-43(52)57-26-10-6-5-9-25-56-40-20-14-33(29-39(40)50)16-24-46(55)60-42-22-21-41(47-35-18-19-36(30-35)48(42)47)59-45(54)23-15-32-13-17-34(38(49)28-32)31-37(51)12-8-7-11-27-58-44(53)4-2/h3-4,13-14,17,20-22,28-29,35-37,51H,1-2,5-12,15-16,18-19,23-27,30-31H2. The molecule has 3 unspecified atom stereocenters. The van der Waals surface area contributed by atoms with E-state index in [1.807, 2.05) is 0 Å². The van der Waals surface area contributed by atoms with E-state index in [-0.39, 0.29) is 49.7 Å². The van der Waals surface area contributed by atoms with Crippen LogP contribution in [0.4, 0.5) is 8.78 Å². The Kier molecular flexibility index (Phi) is 17.9. The molecule has 0 saturated heterocycles. The number of hydrogen-bond donors (Lipinski definition) is 1. The lowest BCUT2D eigenvalue weighted by Crippen LogP contribution is -2.15. The zero-order chi connectivity index (χ0) is 42.9. The number of aliphatic hydroxyl groups is 1. The number of unbranched alkanes of at least 4 members (excludes halogenated alkanes) is 5. The first-order chi connectivity index (χ1) is 29.0. The number of rotatable bonds is 26. The molecule has 322 valence electrons. The summed E-state index contributed by atoms with van der Waals surface area (Å²) in [4.78, 5) is 48.2. The lowest BCUT2D eigenvalue weighted by molar-refractivity contribution is -0.138. The molecule has 60 heavy (non-hydrogen) atoms. The van der Waals surface area contributed by atoms with Crippen LogP contribution < -0.4 is 14.2 Å². The van der Waals surface area contributed by atoms with Gasteiger partial charge in [-0.3, -0.25) is 9.59 Å². The van der Waals surface area contributed by atoms with Gasteiger partial charge in [0.15, 0.2) is 11.6 Å². The second-order valence-electron chi connectivity index (χ2n) is 15.4. The van der Waals surface area contributed by atoms with Crippen LogP contribution in [0.1, 0.15) is 123 Å². The monoisotopic (exact) mass is 830 g/mol. The Labute approximate surface area is 350 Å². The molecule has 5 rings (SSSR count). The first kappa shape index (κ1) is 45.7. The van der Waals surface area contributed by atoms with Gasteiger partial charge >= 0.3 is 23.9 Å². The van der Waals surface area contributed by atoms with Crippen molar-refractivity contribution in [2.24, 2.45) is 0 Å². The lowest BCUT2D eigenvalue weighted by atomic mass is 9.90. The van der Waals surface area contributed by atoms with Crippen molar-refractivity contribution in [3.8, 4) is 17.2 Å². The fraction of sp³-hybridized carbons (Fsp3) is 0.458. The largest absolute Gasteiger partial charge is 0.491 e. The minimum Gasteiger partial charge on any atom is -0.491 e. The van der Waals surface area contributed by atoms with Crippen molar-refractivity contribution in [2.75, 3.05) is 19.8 Å². The number of aryl methyl sites for hydroxylation is 2. The fourth-order valence-electron chi connectivity index (χ4n) is 7.91. The van der Waals surface area contributed by atoms with Gasteiger partial charge in [0.1, 0.15) is 17.3 Å². The highest BCUT2D eigenvalue weighted by Crippen LogP contribution is 2.58. The van der Waals surface area contributed by atoms with Crippen molar-refractivity contribution in [1.82, 2.24) is 0 Å². The second kappa shape index (κ2) is 23.4. The Morgan fingerprint density at radius 1 is 0.667 bits per heavy atom. The summed E-state index contributed by atoms with van der Waals surface area (Å²) in [6.45, 7) is 7.69. The number of halogens is 2. The van der Waals surface area contributed by atoms with E-state index in [0.29, 0.717) is 67.3 Å². The molecule has 0 aromatic heterocycles. The van der Waals surface area contributed by atoms with E-state index in [9.17, 15) is 33.1 Å². The molecule has 2 aliphatic carbocycles. The van der Waals surface area contributed by atoms with Crippen LogP contribution in [0.2, 0.25) is 0 Å². The van der Waals surface area contributed by atoms with Gasteiger partial charge in [-0.15, -0.1) is 0 Å². The third-order valence-electron chi connectivity index (χ3n) is 11.0. The molecular weight excluding hydrogens is 775 g/mol. The smallest absolute Gasteiger partial charge is 0.330 e. The van der Waals surface area contributed by atoms with Gasteiger partial charge in [0.05, 0.1) is 25.9 Å². The van der Waals surface area contributed by atoms with Crippen LogP contribution >= 0.6 is 0 Å². The molecule has 12 heteroatoms. The van der Waals surface area contributed by atoms with E-state index in [1.165, 1.54) is 12.1 Å². The van der Waals surface area contributed by atoms with E-state index < -0.39 is 41.6 Å². The maximum Gasteiger partial charge on any atom is 0.330 e. The highest BCUT2D eigenvalue weighted by molar-refractivity contribution is 5.81. The van der Waals surface area contributed by atoms with Gasteiger partial charge in [0.2, 0.25) is 0 Å². The molecule has 10 nitrogen and oxygen atoms in total. The molecule has 2 aliphatic rings. The van der Waals surface area contributed by atoms with Crippen molar-refractivity contribution in [3.05, 3.63) is 113 Å². The summed E-state index contributed by atoms with van der Waals surface area (Å²) >= 11 is 0. The SMILES string of the molecule is C=CC(=O)OCCCCCCOc1ccc(CCC(=O)Oc2ccc(OC(=O)CCc3ccc(CC(O)CCCCCOC(=O)C=C)c(F)c3)c3c2C2CCC3C2)cc1F. The summed E-state index contributed by atoms with van der Waals surface area (Å²) in [7, 11) is 0. The first-order valence-corrected chi connectivity index (χ1v) is 21.1. The Morgan fingerprint density at radius 3 is 1.70 bits per heavy atom. The van der Waals surface area contributed by atoms with Gasteiger partial charge in [-0.2, -0.15) is 0 Å². The first-order valence-electron chi connectivity index (χ1n) is 21.1. The van der Waals surface area contributed by atoms with Crippen molar-refractivity contribution >= 4 is 23.9 Å². The summed E-state index contributed by atoms with van der Waals surface area (Å²) in [6.07, 6.45) is 11.0. The Morgan fingerprint density at radius 2 is 1.17 bits per heavy atom. The molecule has 0 radical (unpaired) electrons. The van der Waals surface area contributed by atoms with Crippen LogP contribution in [0.15, 0.2) is 73.8 Å². The van der Waals surface area contributed by atoms with Crippen molar-refractivity contribution in [1.29, 1.82) is 0 Å². The predicted octanol–water partition coefficient (Wildman–Crippen LogP) is 9.27. The summed E-state index contributed by atoms with van der Waals surface area (Å²) in [6, 6.07) is 12.8. The maximum atomic E-state index is 15.0. The summed E-state index contributed by atoms with van der Waals surface area (Å²) in [5.74, 6) is -1.27. The minimum atomic E-state index is -0.707. The molecule has 3 aromatic carbocycles. The Bertz CT molecular complexity index is 1980. The van der Waals surface area contributed by atoms with E-state index in [1.54, 1.807) is 36.4 Å². The van der Waals surface area contributed by atoms with Crippen LogP contribution in [0.3, 0.4) is 0 Å². The minimum absolute atomic E-state index is 0.0365. The second-order valence-corrected chi connectivity index (χ2v) is 15.4. The molecule has 2 bridgehead atoms. The van der Waals surface area contributed by atoms with Gasteiger partial charge in [-0.25, -0.2) is 18.4 Å². The molecule has 0 heterocycles. The van der Waals surface area contributed by atoms with Gasteiger partial charge in [0, 0.05) is 42.5 Å². The van der Waals surface area contributed by atoms with Gasteiger partial charge in [0.25, 0.3) is 0 Å². The number of hydrogen-bond acceptors (Lipinski definition) is 10. The lowest BCUT2D eigenvalue weighted by Gasteiger charge is -2.21. The molecular formula is C48H56F2O10. The van der Waals surface area contributed by atoms with Gasteiger partial charge < -0.3 is 28.8 Å². The maximum absolute atomic E-state index is 15.0. The zero-order valence-electron chi connectivity index (χ0n) is 34.2. The number of fused-ring (bicyclic) bond motifs is 5. The number of benzene rings is 3. The van der Waals surface area contributed by atoms with Crippen LogP contribution in [0.25, 0.3) is 0 Å². The van der Waals surface area contributed by atoms with Crippen LogP contribution in [0.5, 0.6) is 17.2 Å². The molecule has 0 amide bonds. The average molecular weight is 831 g/mol. The third-order valence-corrected chi connectivity index (χ3v) is 11.0. The van der Waals surface area contributed by atoms with E-state index in [0.717, 1.165) is 74.6 Å². The molecule has 1 N–H and O–H groups in total. The molecule has 1 fully saturated rings. The van der Waals surface area contributed by atoms with E-state index >= 15 is 0 Å². The average Bonchev–Trinajstić information content (AvgIpc) is 3.87. The summed E-state index contributed by atoms with van der Waals surface area (Å²) in [5.41, 5.74) is 3.49. The van der Waals surface area contributed by atoms with Crippen LogP contribution in [-0.4, -0.2) is 54.9 Å². The van der Waals surface area contributed by atoms with Gasteiger partial charge in [-0.05, 0) is 136 Å². The normalized spacial score (nSPS) is 15.4. The molecule has 0 aliphatic heterocycles. The Hall–Kier alpha value is -5.36. The number of aliphatic hydroxyl groups excluding tert-OH is 1. The van der Waals surface area contributed by atoms with Gasteiger partial charge in [-0.1, -0.05) is 37.8 Å². The van der Waals surface area contributed by atoms with Crippen molar-refractivity contribution in [3.63, 3.8) is 0 Å². The fourth-order valence-corrected chi connectivity index (χ4v) is 7.91. The summed E-state index contributed by atoms with van der Waals surface area (Å²) in [5, 5.41) is 10.4.